The Hall–Kier alpha value is -3.91. The largest absolute Gasteiger partial charge is 0.493 e. The highest BCUT2D eigenvalue weighted by atomic mass is 32.1. The van der Waals surface area contributed by atoms with Crippen molar-refractivity contribution in [3.8, 4) is 23.0 Å². The topological polar surface area (TPSA) is 85.6 Å². The Balaban J connectivity index is 1.51. The fourth-order valence-corrected chi connectivity index (χ4v) is 3.23. The van der Waals surface area contributed by atoms with E-state index in [4.69, 9.17) is 26.1 Å². The normalized spacial score (nSPS) is 10.5. The second-order valence-electron chi connectivity index (χ2n) is 6.55. The number of amides is 1. The summed E-state index contributed by atoms with van der Waals surface area (Å²) in [6.07, 6.45) is 0. The molecule has 1 amide bonds. The van der Waals surface area contributed by atoms with Gasteiger partial charge >= 0.3 is 0 Å². The van der Waals surface area contributed by atoms with E-state index in [1.165, 1.54) is 0 Å². The summed E-state index contributed by atoms with van der Waals surface area (Å²) in [5, 5.41) is 5.84. The van der Waals surface area contributed by atoms with E-state index in [0.717, 1.165) is 5.56 Å². The molecule has 8 heteroatoms. The minimum absolute atomic E-state index is 0.188. The molecule has 1 aromatic heterocycles. The molecule has 0 saturated heterocycles. The van der Waals surface area contributed by atoms with Crippen molar-refractivity contribution in [2.45, 2.75) is 0 Å². The second-order valence-corrected chi connectivity index (χ2v) is 6.95. The molecular formula is C23H19N3O4S. The van der Waals surface area contributed by atoms with Gasteiger partial charge in [-0.05, 0) is 54.7 Å². The maximum absolute atomic E-state index is 12.2. The van der Waals surface area contributed by atoms with Crippen LogP contribution in [0.5, 0.6) is 11.5 Å². The summed E-state index contributed by atoms with van der Waals surface area (Å²) < 4.78 is 16.5. The van der Waals surface area contributed by atoms with Crippen LogP contribution >= 0.6 is 12.2 Å². The molecule has 0 radical (unpaired) electrons. The number of rotatable bonds is 5. The van der Waals surface area contributed by atoms with E-state index in [1.807, 2.05) is 24.3 Å². The number of benzene rings is 3. The number of thiocarbonyl (C=S) groups is 1. The van der Waals surface area contributed by atoms with Gasteiger partial charge in [-0.2, -0.15) is 0 Å². The van der Waals surface area contributed by atoms with Crippen molar-refractivity contribution in [1.29, 1.82) is 0 Å². The minimum atomic E-state index is -0.283. The first kappa shape index (κ1) is 20.4. The quantitative estimate of drug-likeness (QED) is 0.444. The number of oxazole rings is 1. The molecule has 4 aromatic rings. The van der Waals surface area contributed by atoms with Crippen molar-refractivity contribution in [3.63, 3.8) is 0 Å². The molecule has 31 heavy (non-hydrogen) atoms. The third-order valence-electron chi connectivity index (χ3n) is 4.54. The van der Waals surface area contributed by atoms with Gasteiger partial charge in [0.1, 0.15) is 5.52 Å². The van der Waals surface area contributed by atoms with Crippen LogP contribution in [0.2, 0.25) is 0 Å². The van der Waals surface area contributed by atoms with E-state index in [9.17, 15) is 4.79 Å². The van der Waals surface area contributed by atoms with Crippen molar-refractivity contribution in [2.24, 2.45) is 0 Å². The molecule has 1 heterocycles. The molecule has 0 aliphatic carbocycles. The molecule has 2 N–H and O–H groups in total. The number of ether oxygens (including phenoxy) is 2. The Kier molecular flexibility index (Phi) is 5.81. The number of hydrogen-bond acceptors (Lipinski definition) is 6. The van der Waals surface area contributed by atoms with Gasteiger partial charge in [-0.15, -0.1) is 0 Å². The number of anilines is 1. The van der Waals surface area contributed by atoms with Gasteiger partial charge < -0.3 is 19.2 Å². The zero-order valence-electron chi connectivity index (χ0n) is 16.8. The number of fused-ring (bicyclic) bond motifs is 1. The highest BCUT2D eigenvalue weighted by molar-refractivity contribution is 7.80. The van der Waals surface area contributed by atoms with Crippen LogP contribution in [-0.4, -0.2) is 30.2 Å². The lowest BCUT2D eigenvalue weighted by molar-refractivity contribution is 0.0977. The highest BCUT2D eigenvalue weighted by Gasteiger charge is 2.13. The Morgan fingerprint density at radius 1 is 0.968 bits per heavy atom. The van der Waals surface area contributed by atoms with Gasteiger partial charge in [0, 0.05) is 22.9 Å². The standard InChI is InChI=1S/C23H19N3O4S/c1-28-18-11-8-15(12-20(18)29-2)22-25-17-10-9-16(13-19(17)30-22)24-23(31)26-21(27)14-6-4-3-5-7-14/h3-13H,1-2H3,(H2,24,26,27,31). The molecule has 0 atom stereocenters. The lowest BCUT2D eigenvalue weighted by atomic mass is 10.2. The van der Waals surface area contributed by atoms with Gasteiger partial charge in [-0.25, -0.2) is 4.98 Å². The van der Waals surface area contributed by atoms with Crippen molar-refractivity contribution in [1.82, 2.24) is 10.3 Å². The average molecular weight is 433 g/mol. The Morgan fingerprint density at radius 3 is 2.48 bits per heavy atom. The van der Waals surface area contributed by atoms with E-state index in [1.54, 1.807) is 56.7 Å². The molecule has 4 rings (SSSR count). The van der Waals surface area contributed by atoms with Gasteiger partial charge in [-0.3, -0.25) is 10.1 Å². The van der Waals surface area contributed by atoms with Crippen LogP contribution in [0.3, 0.4) is 0 Å². The van der Waals surface area contributed by atoms with E-state index in [0.29, 0.717) is 39.7 Å². The van der Waals surface area contributed by atoms with Gasteiger partial charge in [-0.1, -0.05) is 18.2 Å². The number of nitrogens with one attached hydrogen (secondary N) is 2. The monoisotopic (exact) mass is 433 g/mol. The van der Waals surface area contributed by atoms with Crippen molar-refractivity contribution >= 4 is 40.0 Å². The smallest absolute Gasteiger partial charge is 0.257 e. The molecule has 0 saturated carbocycles. The van der Waals surface area contributed by atoms with Crippen LogP contribution in [0.1, 0.15) is 10.4 Å². The predicted molar refractivity (Wildman–Crippen MR) is 123 cm³/mol. The summed E-state index contributed by atoms with van der Waals surface area (Å²) in [6, 6.07) is 19.7. The van der Waals surface area contributed by atoms with Gasteiger partial charge in [0.05, 0.1) is 14.2 Å². The lowest BCUT2D eigenvalue weighted by Crippen LogP contribution is -2.34. The summed E-state index contributed by atoms with van der Waals surface area (Å²) in [5.74, 6) is 1.38. The number of methoxy groups -OCH3 is 2. The number of carbonyl (C=O) groups is 1. The summed E-state index contributed by atoms with van der Waals surface area (Å²) in [4.78, 5) is 16.8. The minimum Gasteiger partial charge on any atom is -0.493 e. The Labute approximate surface area is 184 Å². The predicted octanol–water partition coefficient (Wildman–Crippen LogP) is 4.64. The summed E-state index contributed by atoms with van der Waals surface area (Å²) in [5.41, 5.74) is 3.22. The SMILES string of the molecule is COc1ccc(-c2nc3ccc(NC(=S)NC(=O)c4ccccc4)cc3o2)cc1OC. The van der Waals surface area contributed by atoms with Crippen LogP contribution in [-0.2, 0) is 0 Å². The zero-order valence-corrected chi connectivity index (χ0v) is 17.7. The number of aromatic nitrogens is 1. The third kappa shape index (κ3) is 4.49. The Bertz CT molecular complexity index is 1250. The van der Waals surface area contributed by atoms with E-state index in [2.05, 4.69) is 15.6 Å². The molecule has 0 spiro atoms. The molecule has 0 fully saturated rings. The van der Waals surface area contributed by atoms with Crippen LogP contribution in [0, 0.1) is 0 Å². The van der Waals surface area contributed by atoms with Crippen LogP contribution in [0.25, 0.3) is 22.6 Å². The van der Waals surface area contributed by atoms with E-state index in [-0.39, 0.29) is 11.0 Å². The van der Waals surface area contributed by atoms with E-state index < -0.39 is 0 Å². The molecule has 0 aliphatic rings. The number of carbonyl (C=O) groups excluding carboxylic acids is 1. The third-order valence-corrected chi connectivity index (χ3v) is 4.74. The molecular weight excluding hydrogens is 414 g/mol. The van der Waals surface area contributed by atoms with Crippen molar-refractivity contribution in [3.05, 3.63) is 72.3 Å². The molecule has 7 nitrogen and oxygen atoms in total. The van der Waals surface area contributed by atoms with Gasteiger partial charge in [0.2, 0.25) is 5.89 Å². The summed E-state index contributed by atoms with van der Waals surface area (Å²) >= 11 is 5.25. The number of hydrogen-bond donors (Lipinski definition) is 2. The zero-order chi connectivity index (χ0) is 21.8. The lowest BCUT2D eigenvalue weighted by Gasteiger charge is -2.09. The first-order chi connectivity index (χ1) is 15.1. The van der Waals surface area contributed by atoms with Gasteiger partial charge in [0.15, 0.2) is 22.2 Å². The first-order valence-corrected chi connectivity index (χ1v) is 9.78. The molecule has 3 aromatic carbocycles. The molecule has 0 unspecified atom stereocenters. The average Bonchev–Trinajstić information content (AvgIpc) is 3.22. The second kappa shape index (κ2) is 8.85. The maximum Gasteiger partial charge on any atom is 0.257 e. The van der Waals surface area contributed by atoms with Crippen molar-refractivity contribution in [2.75, 3.05) is 19.5 Å². The summed E-state index contributed by atoms with van der Waals surface area (Å²) in [6.45, 7) is 0. The highest BCUT2D eigenvalue weighted by Crippen LogP contribution is 2.33. The first-order valence-electron chi connectivity index (χ1n) is 9.38. The van der Waals surface area contributed by atoms with E-state index >= 15 is 0 Å². The van der Waals surface area contributed by atoms with Crippen LogP contribution in [0.15, 0.2) is 71.1 Å². The molecule has 156 valence electrons. The molecule has 0 bridgehead atoms. The molecule has 0 aliphatic heterocycles. The van der Waals surface area contributed by atoms with Gasteiger partial charge in [0.25, 0.3) is 5.91 Å². The van der Waals surface area contributed by atoms with Crippen LogP contribution in [0.4, 0.5) is 5.69 Å². The fourth-order valence-electron chi connectivity index (χ4n) is 3.02. The van der Waals surface area contributed by atoms with Crippen LogP contribution < -0.4 is 20.1 Å². The Morgan fingerprint density at radius 2 is 1.74 bits per heavy atom. The van der Waals surface area contributed by atoms with Crippen molar-refractivity contribution < 1.29 is 18.7 Å². The maximum atomic E-state index is 12.2. The fraction of sp³-hybridized carbons (Fsp3) is 0.0870. The number of nitrogens with zero attached hydrogens (tertiary/aromatic N) is 1. The summed E-state index contributed by atoms with van der Waals surface area (Å²) in [7, 11) is 3.16.